The van der Waals surface area contributed by atoms with Gasteiger partial charge >= 0.3 is 0 Å². The smallest absolute Gasteiger partial charge is 0.250 e. The molecule has 1 fully saturated rings. The average Bonchev–Trinajstić information content (AvgIpc) is 2.13. The van der Waals surface area contributed by atoms with E-state index in [1.54, 1.807) is 12.1 Å². The van der Waals surface area contributed by atoms with E-state index in [2.05, 4.69) is 9.88 Å². The number of rotatable bonds is 2. The number of pyridine rings is 1. The highest BCUT2D eigenvalue weighted by Crippen LogP contribution is 2.16. The van der Waals surface area contributed by atoms with Crippen molar-refractivity contribution in [3.05, 3.63) is 23.9 Å². The van der Waals surface area contributed by atoms with Crippen LogP contribution < -0.4 is 16.4 Å². The highest BCUT2D eigenvalue weighted by Gasteiger charge is 2.23. The van der Waals surface area contributed by atoms with E-state index in [9.17, 15) is 4.79 Å². The molecule has 74 valence electrons. The molecule has 1 aliphatic rings. The molecule has 0 unspecified atom stereocenters. The van der Waals surface area contributed by atoms with Crippen LogP contribution in [0.4, 0.5) is 5.82 Å². The van der Waals surface area contributed by atoms with Crippen molar-refractivity contribution in [2.24, 2.45) is 11.5 Å². The Hall–Kier alpha value is -1.62. The standard InChI is InChI=1S/C9H12N4O/c10-7-4-13(5-7)8-2-1-6(3-12-8)9(11)14/h1-3,7H,4-5,10H2,(H2,11,14). The van der Waals surface area contributed by atoms with Gasteiger partial charge in [-0.15, -0.1) is 0 Å². The number of carbonyl (C=O) groups is 1. The second-order valence-electron chi connectivity index (χ2n) is 3.43. The van der Waals surface area contributed by atoms with Gasteiger partial charge in [0.05, 0.1) is 5.56 Å². The van der Waals surface area contributed by atoms with E-state index in [1.807, 2.05) is 0 Å². The Kier molecular flexibility index (Phi) is 2.09. The van der Waals surface area contributed by atoms with E-state index in [-0.39, 0.29) is 6.04 Å². The van der Waals surface area contributed by atoms with Gasteiger partial charge in [0.1, 0.15) is 5.82 Å². The number of anilines is 1. The third kappa shape index (κ3) is 1.54. The summed E-state index contributed by atoms with van der Waals surface area (Å²) in [6, 6.07) is 3.70. The van der Waals surface area contributed by atoms with Crippen LogP contribution in [-0.2, 0) is 0 Å². The van der Waals surface area contributed by atoms with E-state index in [1.165, 1.54) is 6.20 Å². The molecule has 4 N–H and O–H groups in total. The Balaban J connectivity index is 2.10. The number of primary amides is 1. The van der Waals surface area contributed by atoms with Crippen molar-refractivity contribution >= 4 is 11.7 Å². The van der Waals surface area contributed by atoms with Gasteiger partial charge in [-0.1, -0.05) is 0 Å². The van der Waals surface area contributed by atoms with E-state index in [4.69, 9.17) is 11.5 Å². The maximum atomic E-state index is 10.8. The molecule has 0 bridgehead atoms. The first-order chi connectivity index (χ1) is 6.66. The minimum Gasteiger partial charge on any atom is -0.366 e. The molecule has 0 radical (unpaired) electrons. The summed E-state index contributed by atoms with van der Waals surface area (Å²) in [7, 11) is 0. The average molecular weight is 192 g/mol. The van der Waals surface area contributed by atoms with E-state index in [0.29, 0.717) is 5.56 Å². The summed E-state index contributed by atoms with van der Waals surface area (Å²) in [5.41, 5.74) is 11.2. The van der Waals surface area contributed by atoms with Crippen molar-refractivity contribution in [1.82, 2.24) is 4.98 Å². The normalized spacial score (nSPS) is 16.5. The first kappa shape index (κ1) is 8.96. The fourth-order valence-corrected chi connectivity index (χ4v) is 1.42. The Morgan fingerprint density at radius 2 is 2.21 bits per heavy atom. The van der Waals surface area contributed by atoms with Crippen LogP contribution in [0.2, 0.25) is 0 Å². The fourth-order valence-electron chi connectivity index (χ4n) is 1.42. The van der Waals surface area contributed by atoms with E-state index < -0.39 is 5.91 Å². The lowest BCUT2D eigenvalue weighted by Gasteiger charge is -2.37. The lowest BCUT2D eigenvalue weighted by molar-refractivity contribution is 0.1000. The number of nitrogens with two attached hydrogens (primary N) is 2. The minimum atomic E-state index is -0.454. The van der Waals surface area contributed by atoms with Gasteiger partial charge in [-0.2, -0.15) is 0 Å². The van der Waals surface area contributed by atoms with Crippen LogP contribution in [0.1, 0.15) is 10.4 Å². The molecule has 1 aliphatic heterocycles. The van der Waals surface area contributed by atoms with Crippen LogP contribution in [0.5, 0.6) is 0 Å². The minimum absolute atomic E-state index is 0.243. The Morgan fingerprint density at radius 3 is 2.64 bits per heavy atom. The van der Waals surface area contributed by atoms with Gasteiger partial charge in [-0.05, 0) is 12.1 Å². The van der Waals surface area contributed by atoms with Crippen molar-refractivity contribution in [2.45, 2.75) is 6.04 Å². The number of amides is 1. The van der Waals surface area contributed by atoms with Crippen molar-refractivity contribution in [2.75, 3.05) is 18.0 Å². The van der Waals surface area contributed by atoms with Gasteiger partial charge in [0.2, 0.25) is 5.91 Å². The molecule has 1 amide bonds. The molecule has 1 aromatic rings. The summed E-state index contributed by atoms with van der Waals surface area (Å²) in [5.74, 6) is 0.390. The molecule has 5 nitrogen and oxygen atoms in total. The molecule has 1 aromatic heterocycles. The lowest BCUT2D eigenvalue weighted by atomic mass is 10.1. The molecule has 0 aromatic carbocycles. The Morgan fingerprint density at radius 1 is 1.50 bits per heavy atom. The summed E-state index contributed by atoms with van der Waals surface area (Å²) in [5, 5.41) is 0. The maximum absolute atomic E-state index is 10.8. The predicted octanol–water partition coefficient (Wildman–Crippen LogP) is -0.672. The second-order valence-corrected chi connectivity index (χ2v) is 3.43. The molecular weight excluding hydrogens is 180 g/mol. The van der Waals surface area contributed by atoms with E-state index in [0.717, 1.165) is 18.9 Å². The fraction of sp³-hybridized carbons (Fsp3) is 0.333. The summed E-state index contributed by atoms with van der Waals surface area (Å²) in [4.78, 5) is 16.9. The van der Waals surface area contributed by atoms with Crippen LogP contribution in [0, 0.1) is 0 Å². The third-order valence-electron chi connectivity index (χ3n) is 2.27. The molecule has 0 atom stereocenters. The maximum Gasteiger partial charge on any atom is 0.250 e. The zero-order valence-electron chi connectivity index (χ0n) is 7.68. The largest absolute Gasteiger partial charge is 0.366 e. The molecule has 0 saturated carbocycles. The number of hydrogen-bond donors (Lipinski definition) is 2. The summed E-state index contributed by atoms with van der Waals surface area (Å²) in [6.07, 6.45) is 1.49. The summed E-state index contributed by atoms with van der Waals surface area (Å²) >= 11 is 0. The summed E-state index contributed by atoms with van der Waals surface area (Å²) in [6.45, 7) is 1.64. The number of aromatic nitrogens is 1. The van der Waals surface area contributed by atoms with Gasteiger partial charge < -0.3 is 16.4 Å². The van der Waals surface area contributed by atoms with Gasteiger partial charge in [0, 0.05) is 25.3 Å². The number of carbonyl (C=O) groups excluding carboxylic acids is 1. The topological polar surface area (TPSA) is 85.2 Å². The molecular formula is C9H12N4O. The molecule has 1 saturated heterocycles. The number of hydrogen-bond acceptors (Lipinski definition) is 4. The van der Waals surface area contributed by atoms with Crippen LogP contribution >= 0.6 is 0 Å². The first-order valence-electron chi connectivity index (χ1n) is 4.43. The van der Waals surface area contributed by atoms with Gasteiger partial charge in [-0.3, -0.25) is 4.79 Å². The van der Waals surface area contributed by atoms with Crippen molar-refractivity contribution < 1.29 is 4.79 Å². The monoisotopic (exact) mass is 192 g/mol. The van der Waals surface area contributed by atoms with Crippen molar-refractivity contribution in [3.8, 4) is 0 Å². The lowest BCUT2D eigenvalue weighted by Crippen LogP contribution is -2.56. The van der Waals surface area contributed by atoms with Gasteiger partial charge in [0.15, 0.2) is 0 Å². The molecule has 14 heavy (non-hydrogen) atoms. The summed E-state index contributed by atoms with van der Waals surface area (Å²) < 4.78 is 0. The predicted molar refractivity (Wildman–Crippen MR) is 52.9 cm³/mol. The second kappa shape index (κ2) is 3.26. The van der Waals surface area contributed by atoms with Crippen LogP contribution in [0.3, 0.4) is 0 Å². The highest BCUT2D eigenvalue weighted by molar-refractivity contribution is 5.92. The van der Waals surface area contributed by atoms with Crippen molar-refractivity contribution in [1.29, 1.82) is 0 Å². The third-order valence-corrected chi connectivity index (χ3v) is 2.27. The van der Waals surface area contributed by atoms with Gasteiger partial charge in [0.25, 0.3) is 0 Å². The molecule has 0 spiro atoms. The Labute approximate surface area is 81.7 Å². The quantitative estimate of drug-likeness (QED) is 0.650. The molecule has 0 aliphatic carbocycles. The zero-order valence-corrected chi connectivity index (χ0v) is 7.68. The molecule has 2 rings (SSSR count). The van der Waals surface area contributed by atoms with Crippen LogP contribution in [-0.4, -0.2) is 30.0 Å². The van der Waals surface area contributed by atoms with Crippen molar-refractivity contribution in [3.63, 3.8) is 0 Å². The Bertz CT molecular complexity index is 342. The van der Waals surface area contributed by atoms with Crippen LogP contribution in [0.25, 0.3) is 0 Å². The van der Waals surface area contributed by atoms with Gasteiger partial charge in [-0.25, -0.2) is 4.98 Å². The van der Waals surface area contributed by atoms with Crippen LogP contribution in [0.15, 0.2) is 18.3 Å². The highest BCUT2D eigenvalue weighted by atomic mass is 16.1. The zero-order chi connectivity index (χ0) is 10.1. The van der Waals surface area contributed by atoms with E-state index >= 15 is 0 Å². The SMILES string of the molecule is NC(=O)c1ccc(N2CC(N)C2)nc1. The molecule has 5 heteroatoms. The number of nitrogens with zero attached hydrogens (tertiary/aromatic N) is 2. The molecule has 2 heterocycles. The first-order valence-corrected chi connectivity index (χ1v) is 4.43.